The van der Waals surface area contributed by atoms with E-state index in [0.717, 1.165) is 5.84 Å². The molecule has 0 unspecified atom stereocenters. The van der Waals surface area contributed by atoms with Crippen molar-refractivity contribution in [1.29, 1.82) is 0 Å². The third-order valence-corrected chi connectivity index (χ3v) is 0.759. The molecule has 0 aliphatic carbocycles. The van der Waals surface area contributed by atoms with Gasteiger partial charge in [0.25, 0.3) is 0 Å². The second kappa shape index (κ2) is 5.28. The molecule has 3 heteroatoms. The van der Waals surface area contributed by atoms with E-state index in [1.54, 1.807) is 6.34 Å². The van der Waals surface area contributed by atoms with Gasteiger partial charge in [-0.1, -0.05) is 13.8 Å². The Labute approximate surface area is 55.9 Å². The van der Waals surface area contributed by atoms with E-state index in [-0.39, 0.29) is 0 Å². The summed E-state index contributed by atoms with van der Waals surface area (Å²) >= 11 is 0. The molecule has 0 saturated carbocycles. The molecular weight excluding hydrogens is 114 g/mol. The van der Waals surface area contributed by atoms with Crippen LogP contribution in [0.3, 0.4) is 0 Å². The van der Waals surface area contributed by atoms with Gasteiger partial charge >= 0.3 is 0 Å². The summed E-state index contributed by atoms with van der Waals surface area (Å²) in [6.45, 7) is 6.58. The van der Waals surface area contributed by atoms with Crippen molar-refractivity contribution in [3.8, 4) is 0 Å². The highest BCUT2D eigenvalue weighted by Crippen LogP contribution is 1.76. The van der Waals surface area contributed by atoms with Crippen LogP contribution in [0, 0.1) is 0 Å². The topological polar surface area (TPSA) is 36.8 Å². The van der Waals surface area contributed by atoms with Crippen molar-refractivity contribution in [3.05, 3.63) is 0 Å². The lowest BCUT2D eigenvalue weighted by Gasteiger charge is -2.02. The van der Waals surface area contributed by atoms with E-state index < -0.39 is 0 Å². The summed E-state index contributed by atoms with van der Waals surface area (Å²) in [6.07, 6.45) is 1.56. The van der Waals surface area contributed by atoms with Gasteiger partial charge in [-0.25, -0.2) is 4.99 Å². The highest BCUT2D eigenvalue weighted by Gasteiger charge is 1.87. The summed E-state index contributed by atoms with van der Waals surface area (Å²) in [5, 5.41) is 2.93. The minimum Gasteiger partial charge on any atom is -0.355 e. The highest BCUT2D eigenvalue weighted by molar-refractivity contribution is 5.87. The molecule has 0 aromatic heterocycles. The zero-order chi connectivity index (χ0) is 7.11. The second-order valence-electron chi connectivity index (χ2n) is 1.35. The molecular formula is C6H13N3. The molecule has 0 aromatic rings. The first kappa shape index (κ1) is 8.14. The minimum absolute atomic E-state index is 0.676. The number of aliphatic imine (C=N–C) groups is 2. The Morgan fingerprint density at radius 1 is 1.56 bits per heavy atom. The predicted molar refractivity (Wildman–Crippen MR) is 41.0 cm³/mol. The van der Waals surface area contributed by atoms with Crippen LogP contribution in [-0.4, -0.2) is 18.8 Å². The fourth-order valence-electron chi connectivity index (χ4n) is 0.374. The van der Waals surface area contributed by atoms with E-state index in [4.69, 9.17) is 0 Å². The number of nitrogens with one attached hydrogen (secondary N) is 1. The Hall–Kier alpha value is -0.860. The number of rotatable bonds is 0. The first-order valence-electron chi connectivity index (χ1n) is 3.16. The van der Waals surface area contributed by atoms with Gasteiger partial charge in [0.05, 0.1) is 0 Å². The van der Waals surface area contributed by atoms with Crippen LogP contribution in [0.4, 0.5) is 0 Å². The predicted octanol–water partition coefficient (Wildman–Crippen LogP) is 1.02. The summed E-state index contributed by atoms with van der Waals surface area (Å²) in [4.78, 5) is 7.65. The number of amidine groups is 1. The van der Waals surface area contributed by atoms with Crippen molar-refractivity contribution in [2.75, 3.05) is 6.67 Å². The van der Waals surface area contributed by atoms with E-state index in [2.05, 4.69) is 15.3 Å². The maximum atomic E-state index is 3.84. The van der Waals surface area contributed by atoms with Gasteiger partial charge in [0, 0.05) is 0 Å². The first-order valence-corrected chi connectivity index (χ1v) is 3.16. The maximum absolute atomic E-state index is 3.84. The second-order valence-corrected chi connectivity index (χ2v) is 1.35. The van der Waals surface area contributed by atoms with Crippen LogP contribution in [0.25, 0.3) is 0 Å². The molecule has 0 amide bonds. The third kappa shape index (κ3) is 3.70. The normalized spacial score (nSPS) is 14.8. The van der Waals surface area contributed by atoms with Crippen LogP contribution in [0.15, 0.2) is 9.98 Å². The van der Waals surface area contributed by atoms with Crippen molar-refractivity contribution in [1.82, 2.24) is 5.32 Å². The van der Waals surface area contributed by atoms with Gasteiger partial charge < -0.3 is 5.32 Å². The van der Waals surface area contributed by atoms with Crippen LogP contribution in [0.1, 0.15) is 20.8 Å². The van der Waals surface area contributed by atoms with E-state index in [0.29, 0.717) is 6.67 Å². The molecule has 1 heterocycles. The maximum Gasteiger partial charge on any atom is 0.114 e. The fraction of sp³-hybridized carbons (Fsp3) is 0.667. The highest BCUT2D eigenvalue weighted by atomic mass is 15.1. The molecule has 0 aromatic carbocycles. The largest absolute Gasteiger partial charge is 0.355 e. The standard InChI is InChI=1S/C4H7N3.C2H6/c1-4-6-2-5-3-7-4;1-2/h2H,3H2,1H3,(H,5,6,7);1-2H3. The zero-order valence-corrected chi connectivity index (χ0v) is 6.18. The molecule has 52 valence electrons. The van der Waals surface area contributed by atoms with Gasteiger partial charge in [0.1, 0.15) is 18.8 Å². The average molecular weight is 127 g/mol. The summed E-state index contributed by atoms with van der Waals surface area (Å²) in [5.41, 5.74) is 0. The summed E-state index contributed by atoms with van der Waals surface area (Å²) < 4.78 is 0. The number of hydrogen-bond acceptors (Lipinski definition) is 3. The monoisotopic (exact) mass is 127 g/mol. The molecule has 3 nitrogen and oxygen atoms in total. The molecule has 1 N–H and O–H groups in total. The lowest BCUT2D eigenvalue weighted by Crippen LogP contribution is -2.23. The van der Waals surface area contributed by atoms with Crippen LogP contribution in [-0.2, 0) is 0 Å². The van der Waals surface area contributed by atoms with Gasteiger partial charge in [-0.2, -0.15) is 0 Å². The number of hydrogen-bond donors (Lipinski definition) is 1. The Bertz CT molecular complexity index is 115. The van der Waals surface area contributed by atoms with Gasteiger partial charge in [-0.3, -0.25) is 4.99 Å². The summed E-state index contributed by atoms with van der Waals surface area (Å²) in [6, 6.07) is 0. The third-order valence-electron chi connectivity index (χ3n) is 0.759. The molecule has 0 spiro atoms. The molecule has 0 radical (unpaired) electrons. The quantitative estimate of drug-likeness (QED) is 0.518. The minimum atomic E-state index is 0.676. The molecule has 1 aliphatic heterocycles. The van der Waals surface area contributed by atoms with Crippen LogP contribution < -0.4 is 5.32 Å². The number of nitrogens with zero attached hydrogens (tertiary/aromatic N) is 2. The summed E-state index contributed by atoms with van der Waals surface area (Å²) in [7, 11) is 0. The Morgan fingerprint density at radius 2 is 2.22 bits per heavy atom. The molecule has 9 heavy (non-hydrogen) atoms. The fourth-order valence-corrected chi connectivity index (χ4v) is 0.374. The summed E-state index contributed by atoms with van der Waals surface area (Å²) in [5.74, 6) is 0.940. The van der Waals surface area contributed by atoms with E-state index in [1.165, 1.54) is 0 Å². The van der Waals surface area contributed by atoms with Gasteiger partial charge in [0.2, 0.25) is 0 Å². The zero-order valence-electron chi connectivity index (χ0n) is 6.18. The molecule has 0 saturated heterocycles. The van der Waals surface area contributed by atoms with E-state index in [9.17, 15) is 0 Å². The van der Waals surface area contributed by atoms with Crippen LogP contribution >= 0.6 is 0 Å². The van der Waals surface area contributed by atoms with Crippen molar-refractivity contribution >= 4 is 12.2 Å². The van der Waals surface area contributed by atoms with E-state index in [1.807, 2.05) is 20.8 Å². The van der Waals surface area contributed by atoms with Crippen molar-refractivity contribution in [2.45, 2.75) is 20.8 Å². The van der Waals surface area contributed by atoms with Gasteiger partial charge in [-0.15, -0.1) is 0 Å². The van der Waals surface area contributed by atoms with Crippen molar-refractivity contribution in [2.24, 2.45) is 9.98 Å². The Kier molecular flexibility index (Phi) is 4.78. The lowest BCUT2D eigenvalue weighted by atomic mass is 10.6. The smallest absolute Gasteiger partial charge is 0.114 e. The molecule has 1 aliphatic rings. The lowest BCUT2D eigenvalue weighted by molar-refractivity contribution is 0.910. The van der Waals surface area contributed by atoms with Crippen molar-refractivity contribution < 1.29 is 0 Å². The molecule has 0 atom stereocenters. The van der Waals surface area contributed by atoms with Crippen LogP contribution in [0.2, 0.25) is 0 Å². The van der Waals surface area contributed by atoms with Gasteiger partial charge in [0.15, 0.2) is 0 Å². The van der Waals surface area contributed by atoms with Gasteiger partial charge in [-0.05, 0) is 6.92 Å². The average Bonchev–Trinajstić information content (AvgIpc) is 1.94. The van der Waals surface area contributed by atoms with Crippen LogP contribution in [0.5, 0.6) is 0 Å². The molecule has 1 rings (SSSR count). The molecule has 0 bridgehead atoms. The Balaban J connectivity index is 0.000000291. The van der Waals surface area contributed by atoms with Crippen molar-refractivity contribution in [3.63, 3.8) is 0 Å². The molecule has 0 fully saturated rings. The first-order chi connectivity index (χ1) is 4.39. The Morgan fingerprint density at radius 3 is 2.44 bits per heavy atom. The van der Waals surface area contributed by atoms with E-state index >= 15 is 0 Å². The SMILES string of the molecule is CC.CC1=NC=NCN1.